The van der Waals surface area contributed by atoms with E-state index in [4.69, 9.17) is 9.16 Å². The average Bonchev–Trinajstić information content (AvgIpc) is 2.81. The van der Waals surface area contributed by atoms with E-state index < -0.39 is 26.1 Å². The standard InChI is InChI=1S/C30H41NO4Si/c1-9-17-24(31(22-25(32)10-2)28(33)35-29(3,4)5)23-34-36(30(6,7)8,26-18-13-11-14-19-26)27-20-15-12-16-21-27/h9-16,18-21,24H,1-2,17,22-23H2,3-8H3/t24-/m0/s1. The van der Waals surface area contributed by atoms with Gasteiger partial charge in [0.1, 0.15) is 5.60 Å². The normalized spacial score (nSPS) is 12.9. The molecule has 0 unspecified atom stereocenters. The number of nitrogens with zero attached hydrogens (tertiary/aromatic N) is 1. The molecule has 0 aromatic heterocycles. The zero-order chi connectivity index (χ0) is 27.0. The highest BCUT2D eigenvalue weighted by atomic mass is 28.4. The van der Waals surface area contributed by atoms with Gasteiger partial charge in [-0.05, 0) is 48.7 Å². The maximum absolute atomic E-state index is 13.2. The second kappa shape index (κ2) is 12.3. The first-order valence-electron chi connectivity index (χ1n) is 12.4. The molecule has 2 aromatic carbocycles. The van der Waals surface area contributed by atoms with Gasteiger partial charge >= 0.3 is 6.09 Å². The van der Waals surface area contributed by atoms with Crippen LogP contribution in [0.5, 0.6) is 0 Å². The lowest BCUT2D eigenvalue weighted by Gasteiger charge is -2.44. The van der Waals surface area contributed by atoms with Crippen LogP contribution in [-0.4, -0.2) is 49.9 Å². The Morgan fingerprint density at radius 3 is 1.81 bits per heavy atom. The van der Waals surface area contributed by atoms with Crippen molar-refractivity contribution in [2.45, 2.75) is 64.6 Å². The molecular weight excluding hydrogens is 466 g/mol. The van der Waals surface area contributed by atoms with Gasteiger partial charge in [0.15, 0.2) is 5.78 Å². The molecule has 0 heterocycles. The van der Waals surface area contributed by atoms with Crippen LogP contribution in [0, 0.1) is 0 Å². The van der Waals surface area contributed by atoms with Crippen molar-refractivity contribution in [1.82, 2.24) is 4.90 Å². The fourth-order valence-corrected chi connectivity index (χ4v) is 8.95. The van der Waals surface area contributed by atoms with Gasteiger partial charge in [-0.3, -0.25) is 9.69 Å². The molecule has 0 aliphatic carbocycles. The Labute approximate surface area is 217 Å². The Balaban J connectivity index is 2.57. The van der Waals surface area contributed by atoms with Gasteiger partial charge in [0.25, 0.3) is 8.32 Å². The predicted octanol–water partition coefficient (Wildman–Crippen LogP) is 5.50. The third-order valence-corrected chi connectivity index (χ3v) is 11.0. The zero-order valence-corrected chi connectivity index (χ0v) is 23.6. The van der Waals surface area contributed by atoms with Crippen molar-refractivity contribution in [1.29, 1.82) is 0 Å². The maximum Gasteiger partial charge on any atom is 0.411 e. The lowest BCUT2D eigenvalue weighted by molar-refractivity contribution is -0.116. The van der Waals surface area contributed by atoms with Gasteiger partial charge in [0.05, 0.1) is 19.2 Å². The Morgan fingerprint density at radius 2 is 1.42 bits per heavy atom. The van der Waals surface area contributed by atoms with E-state index >= 15 is 0 Å². The monoisotopic (exact) mass is 507 g/mol. The quantitative estimate of drug-likeness (QED) is 0.229. The SMILES string of the molecule is C=CC[C@@H](CO[Si](c1ccccc1)(c1ccccc1)C(C)(C)C)N(CC(=O)C=C)C(=O)OC(C)(C)C. The van der Waals surface area contributed by atoms with Crippen LogP contribution in [0.15, 0.2) is 86.0 Å². The first kappa shape index (κ1) is 29.3. The summed E-state index contributed by atoms with van der Waals surface area (Å²) in [4.78, 5) is 27.1. The van der Waals surface area contributed by atoms with Crippen LogP contribution in [0.25, 0.3) is 0 Å². The summed E-state index contributed by atoms with van der Waals surface area (Å²) >= 11 is 0. The highest BCUT2D eigenvalue weighted by Gasteiger charge is 2.50. The number of hydrogen-bond acceptors (Lipinski definition) is 4. The minimum absolute atomic E-state index is 0.138. The lowest BCUT2D eigenvalue weighted by atomic mass is 10.1. The summed E-state index contributed by atoms with van der Waals surface area (Å²) in [6.45, 7) is 19.6. The van der Waals surface area contributed by atoms with Crippen LogP contribution < -0.4 is 10.4 Å². The molecule has 194 valence electrons. The number of rotatable bonds is 11. The summed E-state index contributed by atoms with van der Waals surface area (Å²) in [5.74, 6) is -0.264. The van der Waals surface area contributed by atoms with E-state index in [1.54, 1.807) is 26.8 Å². The molecule has 0 saturated heterocycles. The first-order valence-corrected chi connectivity index (χ1v) is 14.3. The summed E-state index contributed by atoms with van der Waals surface area (Å²) in [5, 5.41) is 2.07. The van der Waals surface area contributed by atoms with Crippen molar-refractivity contribution >= 4 is 30.6 Å². The molecule has 0 spiro atoms. The van der Waals surface area contributed by atoms with E-state index in [9.17, 15) is 9.59 Å². The molecular formula is C30H41NO4Si. The number of ether oxygens (including phenoxy) is 1. The molecule has 0 N–H and O–H groups in total. The van der Waals surface area contributed by atoms with E-state index in [0.29, 0.717) is 6.42 Å². The molecule has 1 atom stereocenters. The molecule has 5 nitrogen and oxygen atoms in total. The van der Waals surface area contributed by atoms with Gasteiger partial charge < -0.3 is 9.16 Å². The molecule has 0 fully saturated rings. The largest absolute Gasteiger partial charge is 0.444 e. The minimum Gasteiger partial charge on any atom is -0.444 e. The van der Waals surface area contributed by atoms with E-state index in [1.165, 1.54) is 11.0 Å². The first-order chi connectivity index (χ1) is 16.9. The van der Waals surface area contributed by atoms with Crippen molar-refractivity contribution < 1.29 is 18.8 Å². The van der Waals surface area contributed by atoms with Gasteiger partial charge in [0.2, 0.25) is 0 Å². The van der Waals surface area contributed by atoms with E-state index in [-0.39, 0.29) is 24.0 Å². The van der Waals surface area contributed by atoms with Crippen molar-refractivity contribution in [2.24, 2.45) is 0 Å². The molecule has 1 amide bonds. The average molecular weight is 508 g/mol. The Kier molecular flexibility index (Phi) is 10.0. The molecule has 0 aliphatic heterocycles. The Bertz CT molecular complexity index is 983. The second-order valence-corrected chi connectivity index (χ2v) is 15.2. The molecule has 6 heteroatoms. The van der Waals surface area contributed by atoms with Crippen LogP contribution in [0.2, 0.25) is 5.04 Å². The molecule has 2 aromatic rings. The molecule has 0 aliphatic rings. The van der Waals surface area contributed by atoms with Gasteiger partial charge in [-0.1, -0.05) is 94.1 Å². The van der Waals surface area contributed by atoms with Gasteiger partial charge in [-0.15, -0.1) is 6.58 Å². The topological polar surface area (TPSA) is 55.8 Å². The highest BCUT2D eigenvalue weighted by Crippen LogP contribution is 2.37. The molecule has 2 rings (SSSR count). The number of hydrogen-bond donors (Lipinski definition) is 0. The van der Waals surface area contributed by atoms with Gasteiger partial charge in [0, 0.05) is 0 Å². The lowest BCUT2D eigenvalue weighted by Crippen LogP contribution is -2.67. The highest BCUT2D eigenvalue weighted by molar-refractivity contribution is 6.99. The van der Waals surface area contributed by atoms with Crippen LogP contribution >= 0.6 is 0 Å². The molecule has 0 radical (unpaired) electrons. The Hall–Kier alpha value is -2.96. The smallest absolute Gasteiger partial charge is 0.411 e. The zero-order valence-electron chi connectivity index (χ0n) is 22.6. The fraction of sp³-hybridized carbons (Fsp3) is 0.400. The van der Waals surface area contributed by atoms with Crippen molar-refractivity contribution in [3.8, 4) is 0 Å². The summed E-state index contributed by atoms with van der Waals surface area (Å²) in [5.41, 5.74) is -0.704. The molecule has 0 saturated carbocycles. The minimum atomic E-state index is -2.83. The van der Waals surface area contributed by atoms with Crippen molar-refractivity contribution in [2.75, 3.05) is 13.2 Å². The number of amides is 1. The maximum atomic E-state index is 13.2. The summed E-state index contributed by atoms with van der Waals surface area (Å²) in [6, 6.07) is 20.2. The summed E-state index contributed by atoms with van der Waals surface area (Å²) < 4.78 is 12.7. The third kappa shape index (κ3) is 7.28. The predicted molar refractivity (Wildman–Crippen MR) is 150 cm³/mol. The number of carbonyl (C=O) groups excluding carboxylic acids is 2. The Morgan fingerprint density at radius 1 is 0.917 bits per heavy atom. The third-order valence-electron chi connectivity index (χ3n) is 5.97. The van der Waals surface area contributed by atoms with Gasteiger partial charge in [-0.2, -0.15) is 0 Å². The summed E-state index contributed by atoms with van der Waals surface area (Å²) in [6.07, 6.45) is 2.86. The van der Waals surface area contributed by atoms with E-state index in [1.807, 2.05) is 36.4 Å². The van der Waals surface area contributed by atoms with Crippen LogP contribution in [0.4, 0.5) is 4.79 Å². The van der Waals surface area contributed by atoms with E-state index in [2.05, 4.69) is 58.2 Å². The van der Waals surface area contributed by atoms with Crippen molar-refractivity contribution in [3.05, 3.63) is 86.0 Å². The number of ketones is 1. The number of benzene rings is 2. The molecule has 36 heavy (non-hydrogen) atoms. The number of carbonyl (C=O) groups is 2. The fourth-order valence-electron chi connectivity index (χ4n) is 4.36. The molecule has 0 bridgehead atoms. The van der Waals surface area contributed by atoms with E-state index in [0.717, 1.165) is 10.4 Å². The van der Waals surface area contributed by atoms with Crippen LogP contribution in [0.1, 0.15) is 48.0 Å². The second-order valence-electron chi connectivity index (χ2n) is 10.9. The summed E-state index contributed by atoms with van der Waals surface area (Å²) in [7, 11) is -2.83. The van der Waals surface area contributed by atoms with Crippen LogP contribution in [0.3, 0.4) is 0 Å². The van der Waals surface area contributed by atoms with Crippen LogP contribution in [-0.2, 0) is 14.0 Å². The van der Waals surface area contributed by atoms with Crippen molar-refractivity contribution in [3.63, 3.8) is 0 Å². The van der Waals surface area contributed by atoms with Gasteiger partial charge in [-0.25, -0.2) is 4.79 Å².